The summed E-state index contributed by atoms with van der Waals surface area (Å²) in [6, 6.07) is 0.112. The molecule has 6 nitrogen and oxygen atoms in total. The summed E-state index contributed by atoms with van der Waals surface area (Å²) in [5.74, 6) is -0.262. The number of ether oxygens (including phenoxy) is 2. The molecule has 20 heavy (non-hydrogen) atoms. The first-order chi connectivity index (χ1) is 9.31. The Morgan fingerprint density at radius 1 is 1.35 bits per heavy atom. The Labute approximate surface area is 120 Å². The molecule has 0 aromatic rings. The molecular formula is C14H26N2O4. The van der Waals surface area contributed by atoms with Crippen molar-refractivity contribution in [3.63, 3.8) is 0 Å². The Morgan fingerprint density at radius 3 is 2.65 bits per heavy atom. The monoisotopic (exact) mass is 286 g/mol. The van der Waals surface area contributed by atoms with Crippen molar-refractivity contribution in [2.45, 2.75) is 52.2 Å². The first kappa shape index (κ1) is 16.8. The number of amides is 1. The van der Waals surface area contributed by atoms with E-state index in [1.54, 1.807) is 11.8 Å². The summed E-state index contributed by atoms with van der Waals surface area (Å²) >= 11 is 0. The summed E-state index contributed by atoms with van der Waals surface area (Å²) in [6.07, 6.45) is 1.55. The van der Waals surface area contributed by atoms with E-state index in [2.05, 4.69) is 5.32 Å². The third kappa shape index (κ3) is 6.23. The van der Waals surface area contributed by atoms with Gasteiger partial charge in [0.1, 0.15) is 5.60 Å². The summed E-state index contributed by atoms with van der Waals surface area (Å²) in [5.41, 5.74) is -0.484. The molecule has 0 spiro atoms. The molecule has 1 amide bonds. The van der Waals surface area contributed by atoms with Crippen LogP contribution >= 0.6 is 0 Å². The van der Waals surface area contributed by atoms with Crippen molar-refractivity contribution in [1.29, 1.82) is 0 Å². The van der Waals surface area contributed by atoms with Crippen LogP contribution in [0, 0.1) is 0 Å². The fourth-order valence-corrected chi connectivity index (χ4v) is 2.08. The van der Waals surface area contributed by atoms with Gasteiger partial charge in [0.2, 0.25) is 0 Å². The van der Waals surface area contributed by atoms with Crippen LogP contribution in [-0.2, 0) is 14.3 Å². The number of esters is 1. The van der Waals surface area contributed by atoms with Gasteiger partial charge in [-0.3, -0.25) is 4.79 Å². The molecule has 116 valence electrons. The van der Waals surface area contributed by atoms with Crippen LogP contribution in [0.4, 0.5) is 4.79 Å². The van der Waals surface area contributed by atoms with Crippen molar-refractivity contribution in [2.24, 2.45) is 0 Å². The molecule has 1 unspecified atom stereocenters. The summed E-state index contributed by atoms with van der Waals surface area (Å²) in [4.78, 5) is 25.0. The average Bonchev–Trinajstić information content (AvgIpc) is 2.35. The lowest BCUT2D eigenvalue weighted by Crippen LogP contribution is -2.50. The lowest BCUT2D eigenvalue weighted by molar-refractivity contribution is -0.142. The van der Waals surface area contributed by atoms with E-state index < -0.39 is 5.60 Å². The molecule has 0 aromatic carbocycles. The summed E-state index contributed by atoms with van der Waals surface area (Å²) in [6.45, 7) is 9.17. The van der Waals surface area contributed by atoms with Crippen molar-refractivity contribution >= 4 is 12.1 Å². The van der Waals surface area contributed by atoms with E-state index in [0.29, 0.717) is 19.7 Å². The molecule has 0 bridgehead atoms. The fraction of sp³-hybridized carbons (Fsp3) is 0.857. The van der Waals surface area contributed by atoms with Crippen LogP contribution in [0.25, 0.3) is 0 Å². The van der Waals surface area contributed by atoms with Crippen molar-refractivity contribution in [2.75, 3.05) is 26.2 Å². The van der Waals surface area contributed by atoms with Crippen LogP contribution in [0.5, 0.6) is 0 Å². The third-order valence-electron chi connectivity index (χ3n) is 2.91. The van der Waals surface area contributed by atoms with E-state index in [9.17, 15) is 9.59 Å². The molecule has 1 atom stereocenters. The standard InChI is InChI=1S/C14H26N2O4/c1-5-19-12(17)9-15-11-7-6-8-16(10-11)13(18)20-14(2,3)4/h11,15H,5-10H2,1-4H3. The Hall–Kier alpha value is -1.30. The van der Waals surface area contributed by atoms with E-state index in [1.165, 1.54) is 0 Å². The van der Waals surface area contributed by atoms with Crippen molar-refractivity contribution < 1.29 is 19.1 Å². The second-order valence-corrected chi connectivity index (χ2v) is 5.95. The highest BCUT2D eigenvalue weighted by atomic mass is 16.6. The van der Waals surface area contributed by atoms with Gasteiger partial charge >= 0.3 is 12.1 Å². The zero-order valence-electron chi connectivity index (χ0n) is 12.9. The maximum Gasteiger partial charge on any atom is 0.410 e. The first-order valence-electron chi connectivity index (χ1n) is 7.18. The van der Waals surface area contributed by atoms with Gasteiger partial charge in [0.05, 0.1) is 13.2 Å². The van der Waals surface area contributed by atoms with Gasteiger partial charge in [-0.05, 0) is 40.5 Å². The SMILES string of the molecule is CCOC(=O)CNC1CCCN(C(=O)OC(C)(C)C)C1. The topological polar surface area (TPSA) is 67.9 Å². The van der Waals surface area contributed by atoms with Crippen molar-refractivity contribution in [3.05, 3.63) is 0 Å². The highest BCUT2D eigenvalue weighted by molar-refractivity contribution is 5.71. The number of likely N-dealkylation sites (tertiary alicyclic amines) is 1. The molecule has 0 saturated carbocycles. The van der Waals surface area contributed by atoms with Gasteiger partial charge in [-0.2, -0.15) is 0 Å². The molecular weight excluding hydrogens is 260 g/mol. The molecule has 0 aromatic heterocycles. The zero-order valence-corrected chi connectivity index (χ0v) is 12.9. The first-order valence-corrected chi connectivity index (χ1v) is 7.18. The summed E-state index contributed by atoms with van der Waals surface area (Å²) in [7, 11) is 0. The van der Waals surface area contributed by atoms with Crippen LogP contribution in [0.15, 0.2) is 0 Å². The van der Waals surface area contributed by atoms with Crippen LogP contribution in [0.2, 0.25) is 0 Å². The third-order valence-corrected chi connectivity index (χ3v) is 2.91. The highest BCUT2D eigenvalue weighted by Gasteiger charge is 2.27. The Kier molecular flexibility index (Phi) is 6.26. The maximum absolute atomic E-state index is 12.0. The van der Waals surface area contributed by atoms with E-state index in [-0.39, 0.29) is 24.6 Å². The molecule has 1 N–H and O–H groups in total. The number of carbonyl (C=O) groups is 2. The minimum atomic E-state index is -0.484. The van der Waals surface area contributed by atoms with E-state index >= 15 is 0 Å². The van der Waals surface area contributed by atoms with Crippen LogP contribution < -0.4 is 5.32 Å². The minimum absolute atomic E-state index is 0.112. The van der Waals surface area contributed by atoms with Crippen molar-refractivity contribution in [3.8, 4) is 0 Å². The zero-order chi connectivity index (χ0) is 15.2. The molecule has 1 fully saturated rings. The van der Waals surface area contributed by atoms with E-state index in [0.717, 1.165) is 12.8 Å². The molecule has 0 radical (unpaired) electrons. The predicted octanol–water partition coefficient (Wildman–Crippen LogP) is 1.54. The van der Waals surface area contributed by atoms with Crippen molar-refractivity contribution in [1.82, 2.24) is 10.2 Å². The molecule has 0 aliphatic carbocycles. The second kappa shape index (κ2) is 7.47. The highest BCUT2D eigenvalue weighted by Crippen LogP contribution is 2.15. The van der Waals surface area contributed by atoms with E-state index in [1.807, 2.05) is 20.8 Å². The maximum atomic E-state index is 12.0. The number of hydrogen-bond donors (Lipinski definition) is 1. The van der Waals surface area contributed by atoms with Crippen LogP contribution in [-0.4, -0.2) is 54.8 Å². The number of carbonyl (C=O) groups excluding carboxylic acids is 2. The van der Waals surface area contributed by atoms with Crippen LogP contribution in [0.1, 0.15) is 40.5 Å². The lowest BCUT2D eigenvalue weighted by atomic mass is 10.1. The van der Waals surface area contributed by atoms with Gasteiger partial charge in [-0.25, -0.2) is 4.79 Å². The quantitative estimate of drug-likeness (QED) is 0.794. The van der Waals surface area contributed by atoms with Gasteiger partial charge in [-0.15, -0.1) is 0 Å². The Morgan fingerprint density at radius 2 is 2.05 bits per heavy atom. The predicted molar refractivity (Wildman–Crippen MR) is 75.5 cm³/mol. The number of nitrogens with one attached hydrogen (secondary N) is 1. The Balaban J connectivity index is 2.38. The lowest BCUT2D eigenvalue weighted by Gasteiger charge is -2.34. The summed E-state index contributed by atoms with van der Waals surface area (Å²) < 4.78 is 10.2. The largest absolute Gasteiger partial charge is 0.465 e. The van der Waals surface area contributed by atoms with Gasteiger partial charge in [-0.1, -0.05) is 0 Å². The number of nitrogens with zero attached hydrogens (tertiary/aromatic N) is 1. The molecule has 6 heteroatoms. The number of hydrogen-bond acceptors (Lipinski definition) is 5. The van der Waals surface area contributed by atoms with Gasteiger partial charge in [0.15, 0.2) is 0 Å². The van der Waals surface area contributed by atoms with Crippen LogP contribution in [0.3, 0.4) is 0 Å². The normalized spacial score (nSPS) is 19.6. The molecule has 1 saturated heterocycles. The fourth-order valence-electron chi connectivity index (χ4n) is 2.08. The number of rotatable bonds is 4. The molecule has 1 rings (SSSR count). The summed E-state index contributed by atoms with van der Waals surface area (Å²) in [5, 5.41) is 3.13. The van der Waals surface area contributed by atoms with Gasteiger partial charge in [0, 0.05) is 19.1 Å². The van der Waals surface area contributed by atoms with Gasteiger partial charge in [0.25, 0.3) is 0 Å². The van der Waals surface area contributed by atoms with E-state index in [4.69, 9.17) is 9.47 Å². The molecule has 1 aliphatic heterocycles. The second-order valence-electron chi connectivity index (χ2n) is 5.95. The Bertz CT molecular complexity index is 339. The van der Waals surface area contributed by atoms with Gasteiger partial charge < -0.3 is 19.7 Å². The minimum Gasteiger partial charge on any atom is -0.465 e. The molecule has 1 heterocycles. The number of piperidine rings is 1. The smallest absolute Gasteiger partial charge is 0.410 e. The average molecular weight is 286 g/mol. The molecule has 1 aliphatic rings.